The average Bonchev–Trinajstić information content (AvgIpc) is 2.48. The first-order chi connectivity index (χ1) is 9.23. The summed E-state index contributed by atoms with van der Waals surface area (Å²) in [5, 5.41) is 12.8. The van der Waals surface area contributed by atoms with Crippen molar-refractivity contribution in [2.75, 3.05) is 20.8 Å². The van der Waals surface area contributed by atoms with E-state index in [1.54, 1.807) is 7.11 Å². The lowest BCUT2D eigenvalue weighted by Gasteiger charge is -2.39. The van der Waals surface area contributed by atoms with Crippen molar-refractivity contribution in [2.24, 2.45) is 0 Å². The van der Waals surface area contributed by atoms with Crippen LogP contribution in [0.5, 0.6) is 11.5 Å². The summed E-state index contributed by atoms with van der Waals surface area (Å²) in [6.07, 6.45) is 4.00. The monoisotopic (exact) mass is 265 g/mol. The van der Waals surface area contributed by atoms with E-state index in [1.807, 2.05) is 31.3 Å². The predicted octanol–water partition coefficient (Wildman–Crippen LogP) is 1.97. The van der Waals surface area contributed by atoms with E-state index in [1.165, 1.54) is 0 Å². The summed E-state index contributed by atoms with van der Waals surface area (Å²) in [5.41, 5.74) is -0.203. The van der Waals surface area contributed by atoms with Gasteiger partial charge in [-0.15, -0.1) is 0 Å². The molecule has 0 bridgehead atoms. The van der Waals surface area contributed by atoms with Gasteiger partial charge in [0.25, 0.3) is 0 Å². The van der Waals surface area contributed by atoms with Crippen LogP contribution >= 0.6 is 0 Å². The van der Waals surface area contributed by atoms with Gasteiger partial charge in [0, 0.05) is 12.0 Å². The molecule has 1 saturated carbocycles. The molecule has 0 aliphatic heterocycles. The Morgan fingerprint density at radius 3 is 2.74 bits per heavy atom. The highest BCUT2D eigenvalue weighted by Crippen LogP contribution is 2.33. The van der Waals surface area contributed by atoms with Crippen molar-refractivity contribution in [1.82, 2.24) is 5.32 Å². The first-order valence-electron chi connectivity index (χ1n) is 6.82. The Balaban J connectivity index is 2.06. The van der Waals surface area contributed by atoms with E-state index in [2.05, 4.69) is 5.32 Å². The lowest BCUT2D eigenvalue weighted by molar-refractivity contribution is 0.0541. The van der Waals surface area contributed by atoms with E-state index in [-0.39, 0.29) is 18.2 Å². The average molecular weight is 265 g/mol. The Morgan fingerprint density at radius 1 is 1.37 bits per heavy atom. The fourth-order valence-electron chi connectivity index (χ4n) is 2.75. The molecule has 0 saturated heterocycles. The number of hydrogen-bond donors (Lipinski definition) is 2. The Morgan fingerprint density at radius 2 is 2.11 bits per heavy atom. The smallest absolute Gasteiger partial charge is 0.161 e. The first kappa shape index (κ1) is 14.2. The molecule has 2 unspecified atom stereocenters. The molecular weight excluding hydrogens is 242 g/mol. The van der Waals surface area contributed by atoms with Crippen LogP contribution in [0.3, 0.4) is 0 Å². The number of methoxy groups -OCH3 is 1. The standard InChI is InChI=1S/C15H23NO3/c1-16-15(11-17)9-5-6-12(10-15)19-14-8-4-3-7-13(14)18-2/h3-4,7-8,12,16-17H,5-6,9-11H2,1-2H3. The van der Waals surface area contributed by atoms with E-state index in [0.29, 0.717) is 0 Å². The molecule has 2 N–H and O–H groups in total. The molecule has 2 rings (SSSR count). The molecule has 1 aliphatic rings. The molecule has 1 aliphatic carbocycles. The predicted molar refractivity (Wildman–Crippen MR) is 74.8 cm³/mol. The Hall–Kier alpha value is -1.26. The molecule has 106 valence electrons. The van der Waals surface area contributed by atoms with Gasteiger partial charge in [-0.3, -0.25) is 0 Å². The van der Waals surface area contributed by atoms with Gasteiger partial charge in [-0.1, -0.05) is 12.1 Å². The van der Waals surface area contributed by atoms with Crippen molar-refractivity contribution >= 4 is 0 Å². The summed E-state index contributed by atoms with van der Waals surface area (Å²) < 4.78 is 11.4. The van der Waals surface area contributed by atoms with E-state index < -0.39 is 0 Å². The highest BCUT2D eigenvalue weighted by molar-refractivity contribution is 5.39. The Labute approximate surface area is 114 Å². The molecule has 4 nitrogen and oxygen atoms in total. The summed E-state index contributed by atoms with van der Waals surface area (Å²) in [5.74, 6) is 1.53. The lowest BCUT2D eigenvalue weighted by atomic mass is 9.81. The summed E-state index contributed by atoms with van der Waals surface area (Å²) >= 11 is 0. The Bertz CT molecular complexity index is 404. The van der Waals surface area contributed by atoms with E-state index in [4.69, 9.17) is 9.47 Å². The number of likely N-dealkylation sites (N-methyl/N-ethyl adjacent to an activating group) is 1. The molecule has 2 atom stereocenters. The number of benzene rings is 1. The molecule has 0 heterocycles. The quantitative estimate of drug-likeness (QED) is 0.854. The second-order valence-electron chi connectivity index (χ2n) is 5.18. The van der Waals surface area contributed by atoms with E-state index in [0.717, 1.165) is 37.2 Å². The van der Waals surface area contributed by atoms with Gasteiger partial charge in [0.05, 0.1) is 13.7 Å². The van der Waals surface area contributed by atoms with Crippen LogP contribution in [0.2, 0.25) is 0 Å². The lowest BCUT2D eigenvalue weighted by Crippen LogP contribution is -2.52. The molecule has 1 aromatic carbocycles. The number of ether oxygens (including phenoxy) is 2. The van der Waals surface area contributed by atoms with E-state index >= 15 is 0 Å². The highest BCUT2D eigenvalue weighted by atomic mass is 16.5. The van der Waals surface area contributed by atoms with Crippen molar-refractivity contribution in [3.8, 4) is 11.5 Å². The number of rotatable bonds is 5. The largest absolute Gasteiger partial charge is 0.493 e. The molecular formula is C15H23NO3. The minimum absolute atomic E-state index is 0.115. The summed E-state index contributed by atoms with van der Waals surface area (Å²) in [4.78, 5) is 0. The van der Waals surface area contributed by atoms with Gasteiger partial charge in [-0.05, 0) is 38.4 Å². The van der Waals surface area contributed by atoms with Crippen LogP contribution in [0.4, 0.5) is 0 Å². The fourth-order valence-corrected chi connectivity index (χ4v) is 2.75. The van der Waals surface area contributed by atoms with Crippen LogP contribution in [0, 0.1) is 0 Å². The molecule has 1 fully saturated rings. The second kappa shape index (κ2) is 6.26. The third-order valence-electron chi connectivity index (χ3n) is 4.00. The minimum Gasteiger partial charge on any atom is -0.493 e. The summed E-state index contributed by atoms with van der Waals surface area (Å²) in [6, 6.07) is 7.69. The minimum atomic E-state index is -0.203. The van der Waals surface area contributed by atoms with Crippen molar-refractivity contribution in [3.05, 3.63) is 24.3 Å². The van der Waals surface area contributed by atoms with Crippen LogP contribution in [-0.2, 0) is 0 Å². The van der Waals surface area contributed by atoms with Crippen molar-refractivity contribution in [1.29, 1.82) is 0 Å². The van der Waals surface area contributed by atoms with Crippen LogP contribution in [0.25, 0.3) is 0 Å². The van der Waals surface area contributed by atoms with Crippen LogP contribution in [0.15, 0.2) is 24.3 Å². The molecule has 0 aromatic heterocycles. The molecule has 0 spiro atoms. The number of aliphatic hydroxyl groups is 1. The van der Waals surface area contributed by atoms with Gasteiger partial charge < -0.3 is 19.9 Å². The SMILES string of the molecule is CNC1(CO)CCCC(Oc2ccccc2OC)C1. The van der Waals surface area contributed by atoms with Gasteiger partial charge in [-0.2, -0.15) is 0 Å². The maximum atomic E-state index is 9.58. The second-order valence-corrected chi connectivity index (χ2v) is 5.18. The Kier molecular flexibility index (Phi) is 4.66. The normalized spacial score (nSPS) is 27.0. The molecule has 1 aromatic rings. The maximum absolute atomic E-state index is 9.58. The van der Waals surface area contributed by atoms with Crippen LogP contribution < -0.4 is 14.8 Å². The highest BCUT2D eigenvalue weighted by Gasteiger charge is 2.35. The van der Waals surface area contributed by atoms with Gasteiger partial charge in [-0.25, -0.2) is 0 Å². The first-order valence-corrected chi connectivity index (χ1v) is 6.82. The van der Waals surface area contributed by atoms with Crippen LogP contribution in [-0.4, -0.2) is 37.5 Å². The van der Waals surface area contributed by atoms with E-state index in [9.17, 15) is 5.11 Å². The number of nitrogens with one attached hydrogen (secondary N) is 1. The van der Waals surface area contributed by atoms with Crippen molar-refractivity contribution in [2.45, 2.75) is 37.3 Å². The number of hydrogen-bond acceptors (Lipinski definition) is 4. The zero-order chi connectivity index (χ0) is 13.7. The zero-order valence-electron chi connectivity index (χ0n) is 11.7. The zero-order valence-corrected chi connectivity index (χ0v) is 11.7. The number of para-hydroxylation sites is 2. The van der Waals surface area contributed by atoms with Crippen molar-refractivity contribution in [3.63, 3.8) is 0 Å². The van der Waals surface area contributed by atoms with Crippen molar-refractivity contribution < 1.29 is 14.6 Å². The summed E-state index contributed by atoms with van der Waals surface area (Å²) in [7, 11) is 3.55. The third-order valence-corrected chi connectivity index (χ3v) is 4.00. The summed E-state index contributed by atoms with van der Waals surface area (Å²) in [6.45, 7) is 0.148. The molecule has 19 heavy (non-hydrogen) atoms. The van der Waals surface area contributed by atoms with Gasteiger partial charge in [0.1, 0.15) is 6.10 Å². The topological polar surface area (TPSA) is 50.7 Å². The maximum Gasteiger partial charge on any atom is 0.161 e. The van der Waals surface area contributed by atoms with Gasteiger partial charge in [0.15, 0.2) is 11.5 Å². The third kappa shape index (κ3) is 3.19. The van der Waals surface area contributed by atoms with Gasteiger partial charge in [0.2, 0.25) is 0 Å². The molecule has 4 heteroatoms. The van der Waals surface area contributed by atoms with Crippen LogP contribution in [0.1, 0.15) is 25.7 Å². The number of aliphatic hydroxyl groups excluding tert-OH is 1. The molecule has 0 radical (unpaired) electrons. The molecule has 0 amide bonds. The van der Waals surface area contributed by atoms with Gasteiger partial charge >= 0.3 is 0 Å². The fraction of sp³-hybridized carbons (Fsp3) is 0.600.